The number of carbonyl (C=O) groups excluding carboxylic acids is 1. The molecule has 0 saturated carbocycles. The van der Waals surface area contributed by atoms with Crippen LogP contribution < -0.4 is 10.6 Å². The first-order valence-corrected chi connectivity index (χ1v) is 6.10. The van der Waals surface area contributed by atoms with Crippen molar-refractivity contribution in [2.75, 3.05) is 6.54 Å². The van der Waals surface area contributed by atoms with Crippen LogP contribution in [0, 0.1) is 11.8 Å². The van der Waals surface area contributed by atoms with Gasteiger partial charge >= 0.3 is 12.0 Å². The minimum absolute atomic E-state index is 0.229. The molecule has 0 aliphatic rings. The fourth-order valence-electron chi connectivity index (χ4n) is 1.38. The van der Waals surface area contributed by atoms with Crippen molar-refractivity contribution in [2.45, 2.75) is 46.6 Å². The zero-order chi connectivity index (χ0) is 13.4. The van der Waals surface area contributed by atoms with E-state index in [4.69, 9.17) is 5.11 Å². The quantitative estimate of drug-likeness (QED) is 0.639. The summed E-state index contributed by atoms with van der Waals surface area (Å²) in [6.45, 7) is 8.55. The van der Waals surface area contributed by atoms with Gasteiger partial charge in [0.2, 0.25) is 0 Å². The van der Waals surface area contributed by atoms with Crippen molar-refractivity contribution in [3.63, 3.8) is 0 Å². The van der Waals surface area contributed by atoms with Gasteiger partial charge in [0.15, 0.2) is 0 Å². The smallest absolute Gasteiger partial charge is 0.326 e. The van der Waals surface area contributed by atoms with Gasteiger partial charge < -0.3 is 15.7 Å². The van der Waals surface area contributed by atoms with Gasteiger partial charge in [-0.3, -0.25) is 0 Å². The van der Waals surface area contributed by atoms with E-state index >= 15 is 0 Å². The molecule has 0 fully saturated rings. The van der Waals surface area contributed by atoms with Gasteiger partial charge in [0, 0.05) is 6.54 Å². The summed E-state index contributed by atoms with van der Waals surface area (Å²) in [6, 6.07) is -1.22. The molecule has 5 nitrogen and oxygen atoms in total. The Bertz CT molecular complexity index is 252. The topological polar surface area (TPSA) is 78.4 Å². The van der Waals surface area contributed by atoms with E-state index in [0.717, 1.165) is 6.42 Å². The van der Waals surface area contributed by atoms with Gasteiger partial charge in [-0.25, -0.2) is 9.59 Å². The lowest BCUT2D eigenvalue weighted by molar-refractivity contribution is -0.139. The minimum Gasteiger partial charge on any atom is -0.480 e. The second-order valence-corrected chi connectivity index (χ2v) is 5.10. The van der Waals surface area contributed by atoms with E-state index in [0.29, 0.717) is 18.9 Å². The van der Waals surface area contributed by atoms with Crippen LogP contribution in [0.15, 0.2) is 0 Å². The molecule has 0 aromatic carbocycles. The van der Waals surface area contributed by atoms with Crippen molar-refractivity contribution >= 4 is 12.0 Å². The summed E-state index contributed by atoms with van der Waals surface area (Å²) in [5, 5.41) is 14.1. The van der Waals surface area contributed by atoms with Gasteiger partial charge in [-0.05, 0) is 24.7 Å². The highest BCUT2D eigenvalue weighted by Gasteiger charge is 2.20. The molecule has 0 radical (unpaired) electrons. The first-order valence-electron chi connectivity index (χ1n) is 6.10. The van der Waals surface area contributed by atoms with Crippen LogP contribution in [-0.2, 0) is 4.79 Å². The van der Waals surface area contributed by atoms with Crippen LogP contribution in [0.1, 0.15) is 40.5 Å². The van der Waals surface area contributed by atoms with Gasteiger partial charge in [0.25, 0.3) is 0 Å². The van der Waals surface area contributed by atoms with E-state index in [1.165, 1.54) is 0 Å². The van der Waals surface area contributed by atoms with Crippen molar-refractivity contribution < 1.29 is 14.7 Å². The third-order valence-electron chi connectivity index (χ3n) is 2.32. The summed E-state index contributed by atoms with van der Waals surface area (Å²) in [4.78, 5) is 22.3. The highest BCUT2D eigenvalue weighted by atomic mass is 16.4. The normalized spacial score (nSPS) is 12.6. The van der Waals surface area contributed by atoms with Crippen LogP contribution in [0.5, 0.6) is 0 Å². The molecule has 0 aromatic heterocycles. The molecule has 17 heavy (non-hydrogen) atoms. The number of carboxylic acids is 1. The summed E-state index contributed by atoms with van der Waals surface area (Å²) in [7, 11) is 0. The Balaban J connectivity index is 4.00. The molecule has 0 saturated heterocycles. The van der Waals surface area contributed by atoms with Crippen molar-refractivity contribution in [3.05, 3.63) is 0 Å². The SMILES string of the molecule is CC(C)CCNC(=O)N[C@H](CC(C)C)C(=O)O. The van der Waals surface area contributed by atoms with Gasteiger partial charge in [-0.15, -0.1) is 0 Å². The molecule has 0 rings (SSSR count). The molecule has 0 heterocycles. The molecule has 0 aliphatic carbocycles. The summed E-state index contributed by atoms with van der Waals surface area (Å²) < 4.78 is 0. The number of carbonyl (C=O) groups is 2. The Morgan fingerprint density at radius 1 is 1.12 bits per heavy atom. The summed E-state index contributed by atoms with van der Waals surface area (Å²) >= 11 is 0. The Hall–Kier alpha value is -1.26. The molecule has 0 bridgehead atoms. The van der Waals surface area contributed by atoms with Crippen LogP contribution >= 0.6 is 0 Å². The number of amides is 2. The molecule has 2 amide bonds. The highest BCUT2D eigenvalue weighted by Crippen LogP contribution is 2.04. The molecule has 100 valence electrons. The maximum absolute atomic E-state index is 11.4. The molecule has 0 spiro atoms. The van der Waals surface area contributed by atoms with Gasteiger partial charge in [-0.1, -0.05) is 27.7 Å². The third-order valence-corrected chi connectivity index (χ3v) is 2.32. The Labute approximate surface area is 103 Å². The van der Waals surface area contributed by atoms with E-state index in [1.807, 2.05) is 13.8 Å². The number of rotatable bonds is 7. The maximum atomic E-state index is 11.4. The first-order chi connectivity index (χ1) is 7.82. The lowest BCUT2D eigenvalue weighted by atomic mass is 10.0. The zero-order valence-electron chi connectivity index (χ0n) is 11.1. The lowest BCUT2D eigenvalue weighted by Gasteiger charge is -2.17. The highest BCUT2D eigenvalue weighted by molar-refractivity contribution is 5.82. The average Bonchev–Trinajstić information content (AvgIpc) is 2.15. The molecule has 0 unspecified atom stereocenters. The summed E-state index contributed by atoms with van der Waals surface area (Å²) in [5.74, 6) is -0.244. The number of hydrogen-bond acceptors (Lipinski definition) is 2. The molecule has 3 N–H and O–H groups in total. The van der Waals surface area contributed by atoms with E-state index in [1.54, 1.807) is 0 Å². The molecular weight excluding hydrogens is 220 g/mol. The summed E-state index contributed by atoms with van der Waals surface area (Å²) in [5.41, 5.74) is 0. The number of aliphatic carboxylic acids is 1. The third kappa shape index (κ3) is 8.54. The van der Waals surface area contributed by atoms with Gasteiger partial charge in [0.05, 0.1) is 0 Å². The van der Waals surface area contributed by atoms with Crippen LogP contribution in [-0.4, -0.2) is 29.7 Å². The summed E-state index contributed by atoms with van der Waals surface area (Å²) in [6.07, 6.45) is 1.32. The van der Waals surface area contributed by atoms with Gasteiger partial charge in [-0.2, -0.15) is 0 Å². The lowest BCUT2D eigenvalue weighted by Crippen LogP contribution is -2.46. The van der Waals surface area contributed by atoms with E-state index in [9.17, 15) is 9.59 Å². The number of hydrogen-bond donors (Lipinski definition) is 3. The van der Waals surface area contributed by atoms with Crippen LogP contribution in [0.2, 0.25) is 0 Å². The Morgan fingerprint density at radius 3 is 2.12 bits per heavy atom. The fraction of sp³-hybridized carbons (Fsp3) is 0.833. The zero-order valence-corrected chi connectivity index (χ0v) is 11.1. The molecular formula is C12H24N2O3. The van der Waals surface area contributed by atoms with E-state index in [-0.39, 0.29) is 5.92 Å². The maximum Gasteiger partial charge on any atom is 0.326 e. The largest absolute Gasteiger partial charge is 0.480 e. The molecule has 0 aromatic rings. The van der Waals surface area contributed by atoms with Crippen LogP contribution in [0.25, 0.3) is 0 Å². The second-order valence-electron chi connectivity index (χ2n) is 5.10. The molecule has 0 aliphatic heterocycles. The Morgan fingerprint density at radius 2 is 1.71 bits per heavy atom. The van der Waals surface area contributed by atoms with Crippen LogP contribution in [0.3, 0.4) is 0 Å². The fourth-order valence-corrected chi connectivity index (χ4v) is 1.38. The number of urea groups is 1. The standard InChI is InChI=1S/C12H24N2O3/c1-8(2)5-6-13-12(17)14-10(11(15)16)7-9(3)4/h8-10H,5-7H2,1-4H3,(H,15,16)(H2,13,14,17)/t10-/m1/s1. The molecule has 1 atom stereocenters. The van der Waals surface area contributed by atoms with Gasteiger partial charge in [0.1, 0.15) is 6.04 Å². The minimum atomic E-state index is -0.988. The van der Waals surface area contributed by atoms with Crippen molar-refractivity contribution in [3.8, 4) is 0 Å². The second kappa shape index (κ2) is 7.92. The van der Waals surface area contributed by atoms with E-state index in [2.05, 4.69) is 24.5 Å². The van der Waals surface area contributed by atoms with Crippen molar-refractivity contribution in [2.24, 2.45) is 11.8 Å². The first kappa shape index (κ1) is 15.7. The average molecular weight is 244 g/mol. The van der Waals surface area contributed by atoms with Crippen molar-refractivity contribution in [1.82, 2.24) is 10.6 Å². The number of nitrogens with one attached hydrogen (secondary N) is 2. The monoisotopic (exact) mass is 244 g/mol. The van der Waals surface area contributed by atoms with Crippen LogP contribution in [0.4, 0.5) is 4.79 Å². The number of carboxylic acid groups (broad SMARTS) is 1. The Kier molecular flexibility index (Phi) is 7.34. The predicted molar refractivity (Wildman–Crippen MR) is 66.9 cm³/mol. The predicted octanol–water partition coefficient (Wildman–Crippen LogP) is 1.83. The van der Waals surface area contributed by atoms with E-state index < -0.39 is 18.0 Å². The molecule has 5 heteroatoms. The van der Waals surface area contributed by atoms with Crippen molar-refractivity contribution in [1.29, 1.82) is 0 Å².